The molecule has 0 spiro atoms. The summed E-state index contributed by atoms with van der Waals surface area (Å²) in [5.41, 5.74) is 3.79. The van der Waals surface area contributed by atoms with Crippen LogP contribution in [0.25, 0.3) is 22.4 Å². The van der Waals surface area contributed by atoms with Gasteiger partial charge in [-0.15, -0.1) is 0 Å². The Bertz CT molecular complexity index is 846. The van der Waals surface area contributed by atoms with Crippen molar-refractivity contribution in [2.75, 3.05) is 5.32 Å². The molecule has 0 saturated carbocycles. The SMILES string of the molecule is CC1CCn2cc(-c3ccc4oc(NC(C)C)nc4c3)nc2C1. The van der Waals surface area contributed by atoms with Crippen LogP contribution in [-0.2, 0) is 13.0 Å². The molecule has 0 amide bonds. The molecule has 0 bridgehead atoms. The van der Waals surface area contributed by atoms with Crippen LogP contribution in [-0.4, -0.2) is 20.6 Å². The minimum atomic E-state index is 0.296. The van der Waals surface area contributed by atoms with Crippen LogP contribution >= 0.6 is 0 Å². The van der Waals surface area contributed by atoms with Gasteiger partial charge in [-0.25, -0.2) is 4.98 Å². The summed E-state index contributed by atoms with van der Waals surface area (Å²) in [5.74, 6) is 1.92. The maximum Gasteiger partial charge on any atom is 0.295 e. The van der Waals surface area contributed by atoms with Gasteiger partial charge >= 0.3 is 0 Å². The van der Waals surface area contributed by atoms with Gasteiger partial charge in [-0.05, 0) is 44.4 Å². The smallest absolute Gasteiger partial charge is 0.295 e. The van der Waals surface area contributed by atoms with Gasteiger partial charge in [-0.3, -0.25) is 0 Å². The number of benzene rings is 1. The summed E-state index contributed by atoms with van der Waals surface area (Å²) in [6.45, 7) is 7.49. The van der Waals surface area contributed by atoms with Crippen LogP contribution in [0.15, 0.2) is 28.8 Å². The van der Waals surface area contributed by atoms with Crippen LogP contribution < -0.4 is 5.32 Å². The van der Waals surface area contributed by atoms with Crippen molar-refractivity contribution in [2.45, 2.75) is 46.2 Å². The third-order valence-electron chi connectivity index (χ3n) is 4.35. The molecule has 5 heteroatoms. The first kappa shape index (κ1) is 14.3. The Balaban J connectivity index is 1.69. The molecule has 0 fully saturated rings. The molecule has 5 nitrogen and oxygen atoms in total. The minimum Gasteiger partial charge on any atom is -0.424 e. The Morgan fingerprint density at radius 3 is 3.00 bits per heavy atom. The monoisotopic (exact) mass is 310 g/mol. The summed E-state index contributed by atoms with van der Waals surface area (Å²) >= 11 is 0. The summed E-state index contributed by atoms with van der Waals surface area (Å²) in [5, 5.41) is 3.20. The molecule has 1 aliphatic heterocycles. The molecule has 0 saturated heterocycles. The fourth-order valence-electron chi connectivity index (χ4n) is 3.12. The van der Waals surface area contributed by atoms with Crippen molar-refractivity contribution in [1.82, 2.24) is 14.5 Å². The van der Waals surface area contributed by atoms with Gasteiger partial charge < -0.3 is 14.3 Å². The van der Waals surface area contributed by atoms with E-state index >= 15 is 0 Å². The molecule has 1 atom stereocenters. The average Bonchev–Trinajstić information content (AvgIpc) is 3.07. The van der Waals surface area contributed by atoms with E-state index < -0.39 is 0 Å². The molecule has 4 rings (SSSR count). The molecule has 2 aromatic heterocycles. The second-order valence-corrected chi connectivity index (χ2v) is 6.83. The molecular weight excluding hydrogens is 288 g/mol. The predicted octanol–water partition coefficient (Wildman–Crippen LogP) is 4.09. The zero-order valence-electron chi connectivity index (χ0n) is 13.8. The number of hydrogen-bond donors (Lipinski definition) is 1. The molecule has 1 aromatic carbocycles. The van der Waals surface area contributed by atoms with Crippen LogP contribution in [0, 0.1) is 5.92 Å². The number of nitrogens with zero attached hydrogens (tertiary/aromatic N) is 3. The first-order valence-corrected chi connectivity index (χ1v) is 8.32. The highest BCUT2D eigenvalue weighted by molar-refractivity contribution is 5.80. The third kappa shape index (κ3) is 2.71. The highest BCUT2D eigenvalue weighted by atomic mass is 16.4. The number of imidazole rings is 1. The topological polar surface area (TPSA) is 55.9 Å². The Morgan fingerprint density at radius 1 is 1.30 bits per heavy atom. The number of fused-ring (bicyclic) bond motifs is 2. The maximum atomic E-state index is 5.72. The molecule has 1 aliphatic rings. The van der Waals surface area contributed by atoms with Crippen LogP contribution in [0.4, 0.5) is 6.01 Å². The van der Waals surface area contributed by atoms with E-state index in [-0.39, 0.29) is 0 Å². The van der Waals surface area contributed by atoms with Gasteiger partial charge in [0.15, 0.2) is 5.58 Å². The average molecular weight is 310 g/mol. The number of aryl methyl sites for hydroxylation is 1. The summed E-state index contributed by atoms with van der Waals surface area (Å²) in [6.07, 6.45) is 4.46. The normalized spacial score (nSPS) is 17.7. The highest BCUT2D eigenvalue weighted by Gasteiger charge is 2.18. The molecule has 1 unspecified atom stereocenters. The molecular formula is C18H22N4O. The van der Waals surface area contributed by atoms with Crippen LogP contribution in [0.2, 0.25) is 0 Å². The summed E-state index contributed by atoms with van der Waals surface area (Å²) < 4.78 is 8.00. The lowest BCUT2D eigenvalue weighted by Crippen LogP contribution is -2.16. The van der Waals surface area contributed by atoms with E-state index in [1.165, 1.54) is 12.2 Å². The van der Waals surface area contributed by atoms with Crippen molar-refractivity contribution in [3.8, 4) is 11.3 Å². The summed E-state index contributed by atoms with van der Waals surface area (Å²) in [6, 6.07) is 6.96. The van der Waals surface area contributed by atoms with Crippen molar-refractivity contribution in [1.29, 1.82) is 0 Å². The quantitative estimate of drug-likeness (QED) is 0.791. The number of anilines is 1. The number of rotatable bonds is 3. The van der Waals surface area contributed by atoms with Crippen molar-refractivity contribution >= 4 is 17.1 Å². The van der Waals surface area contributed by atoms with Gasteiger partial charge in [0.2, 0.25) is 0 Å². The molecule has 0 aliphatic carbocycles. The van der Waals surface area contributed by atoms with Gasteiger partial charge in [-0.2, -0.15) is 4.98 Å². The first-order chi connectivity index (χ1) is 11.1. The van der Waals surface area contributed by atoms with Crippen LogP contribution in [0.5, 0.6) is 0 Å². The number of nitrogens with one attached hydrogen (secondary N) is 1. The standard InChI is InChI=1S/C18H22N4O/c1-11(2)19-18-21-14-9-13(4-5-16(14)23-18)15-10-22-7-6-12(3)8-17(22)20-15/h4-5,9-12H,6-8H2,1-3H3,(H,19,21). The fraction of sp³-hybridized carbons (Fsp3) is 0.444. The van der Waals surface area contributed by atoms with E-state index in [9.17, 15) is 0 Å². The second-order valence-electron chi connectivity index (χ2n) is 6.83. The summed E-state index contributed by atoms with van der Waals surface area (Å²) in [4.78, 5) is 9.34. The second kappa shape index (κ2) is 5.41. The first-order valence-electron chi connectivity index (χ1n) is 8.32. The lowest BCUT2D eigenvalue weighted by Gasteiger charge is -2.18. The van der Waals surface area contributed by atoms with Gasteiger partial charge in [0, 0.05) is 30.8 Å². The van der Waals surface area contributed by atoms with Crippen molar-refractivity contribution in [3.63, 3.8) is 0 Å². The molecule has 1 N–H and O–H groups in total. The lowest BCUT2D eigenvalue weighted by molar-refractivity contribution is 0.409. The van der Waals surface area contributed by atoms with Gasteiger partial charge in [0.1, 0.15) is 11.3 Å². The Labute approximate surface area is 135 Å². The number of oxazole rings is 1. The molecule has 3 heterocycles. The zero-order chi connectivity index (χ0) is 16.0. The number of aromatic nitrogens is 3. The van der Waals surface area contributed by atoms with Gasteiger partial charge in [0.05, 0.1) is 5.69 Å². The van der Waals surface area contributed by atoms with Crippen LogP contribution in [0.1, 0.15) is 33.0 Å². The van der Waals surface area contributed by atoms with Gasteiger partial charge in [0.25, 0.3) is 6.01 Å². The molecule has 0 radical (unpaired) electrons. The van der Waals surface area contributed by atoms with E-state index in [2.05, 4.69) is 54.0 Å². The highest BCUT2D eigenvalue weighted by Crippen LogP contribution is 2.28. The van der Waals surface area contributed by atoms with E-state index in [0.29, 0.717) is 12.1 Å². The van der Waals surface area contributed by atoms with E-state index in [0.717, 1.165) is 41.2 Å². The Kier molecular flexibility index (Phi) is 3.36. The molecule has 3 aromatic rings. The van der Waals surface area contributed by atoms with Crippen molar-refractivity contribution in [3.05, 3.63) is 30.2 Å². The van der Waals surface area contributed by atoms with Crippen molar-refractivity contribution in [2.24, 2.45) is 5.92 Å². The maximum absolute atomic E-state index is 5.72. The lowest BCUT2D eigenvalue weighted by atomic mass is 10.0. The minimum absolute atomic E-state index is 0.296. The number of hydrogen-bond acceptors (Lipinski definition) is 4. The largest absolute Gasteiger partial charge is 0.424 e. The van der Waals surface area contributed by atoms with E-state index in [1.54, 1.807) is 0 Å². The van der Waals surface area contributed by atoms with Crippen molar-refractivity contribution < 1.29 is 4.42 Å². The predicted molar refractivity (Wildman–Crippen MR) is 91.5 cm³/mol. The Morgan fingerprint density at radius 2 is 2.17 bits per heavy atom. The van der Waals surface area contributed by atoms with E-state index in [1.807, 2.05) is 6.07 Å². The van der Waals surface area contributed by atoms with E-state index in [4.69, 9.17) is 9.40 Å². The Hall–Kier alpha value is -2.30. The molecule has 23 heavy (non-hydrogen) atoms. The molecule has 120 valence electrons. The summed E-state index contributed by atoms with van der Waals surface area (Å²) in [7, 11) is 0. The van der Waals surface area contributed by atoms with Gasteiger partial charge in [-0.1, -0.05) is 6.92 Å². The zero-order valence-corrected chi connectivity index (χ0v) is 13.8. The van der Waals surface area contributed by atoms with Crippen LogP contribution in [0.3, 0.4) is 0 Å². The fourth-order valence-corrected chi connectivity index (χ4v) is 3.12. The third-order valence-corrected chi connectivity index (χ3v) is 4.35.